The predicted octanol–water partition coefficient (Wildman–Crippen LogP) is 4.25. The summed E-state index contributed by atoms with van der Waals surface area (Å²) in [5.41, 5.74) is 2.08. The molecular weight excluding hydrogens is 270 g/mol. The number of ketones is 1. The lowest BCUT2D eigenvalue weighted by Crippen LogP contribution is -2.39. The molecule has 0 aliphatic carbocycles. The van der Waals surface area contributed by atoms with Crippen molar-refractivity contribution in [3.8, 4) is 0 Å². The number of carbonyl (C=O) groups excluding carboxylic acids is 1. The summed E-state index contributed by atoms with van der Waals surface area (Å²) in [4.78, 5) is 15.1. The minimum Gasteiger partial charge on any atom is -0.293 e. The van der Waals surface area contributed by atoms with Crippen LogP contribution in [0.25, 0.3) is 0 Å². The van der Waals surface area contributed by atoms with Crippen molar-refractivity contribution in [2.45, 2.75) is 52.0 Å². The Morgan fingerprint density at radius 2 is 1.80 bits per heavy atom. The molecule has 1 aromatic carbocycles. The third-order valence-electron chi connectivity index (χ3n) is 4.05. The fourth-order valence-corrected chi connectivity index (χ4v) is 2.84. The van der Waals surface area contributed by atoms with Crippen LogP contribution in [0.2, 0.25) is 0 Å². The van der Waals surface area contributed by atoms with Gasteiger partial charge in [-0.05, 0) is 39.3 Å². The van der Waals surface area contributed by atoms with E-state index >= 15 is 0 Å². The zero-order chi connectivity index (χ0) is 13.7. The van der Waals surface area contributed by atoms with Gasteiger partial charge in [-0.3, -0.25) is 9.69 Å². The van der Waals surface area contributed by atoms with E-state index in [0.717, 1.165) is 37.9 Å². The first kappa shape index (κ1) is 17.2. The van der Waals surface area contributed by atoms with Gasteiger partial charge in [0, 0.05) is 5.56 Å². The summed E-state index contributed by atoms with van der Waals surface area (Å²) in [5.74, 6) is 0.315. The predicted molar refractivity (Wildman–Crippen MR) is 86.9 cm³/mol. The van der Waals surface area contributed by atoms with E-state index in [4.69, 9.17) is 0 Å². The second kappa shape index (κ2) is 8.43. The highest BCUT2D eigenvalue weighted by Gasteiger charge is 2.28. The van der Waals surface area contributed by atoms with Crippen molar-refractivity contribution < 1.29 is 4.79 Å². The lowest BCUT2D eigenvalue weighted by Gasteiger charge is -2.26. The van der Waals surface area contributed by atoms with Gasteiger partial charge < -0.3 is 0 Å². The summed E-state index contributed by atoms with van der Waals surface area (Å²) < 4.78 is 0. The van der Waals surface area contributed by atoms with Crippen LogP contribution in [0, 0.1) is 6.92 Å². The molecule has 1 saturated heterocycles. The molecule has 0 bridgehead atoms. The number of hydrogen-bond acceptors (Lipinski definition) is 2. The molecule has 0 radical (unpaired) electrons. The number of carbonyl (C=O) groups is 1. The van der Waals surface area contributed by atoms with Crippen molar-refractivity contribution in [2.24, 2.45) is 0 Å². The molecule has 0 amide bonds. The Balaban J connectivity index is 0.00000200. The first-order valence-electron chi connectivity index (χ1n) is 7.57. The van der Waals surface area contributed by atoms with Crippen LogP contribution in [0.15, 0.2) is 24.3 Å². The third kappa shape index (κ3) is 4.32. The maximum atomic E-state index is 12.7. The minimum atomic E-state index is 0. The molecule has 0 N–H and O–H groups in total. The molecule has 3 heteroatoms. The zero-order valence-corrected chi connectivity index (χ0v) is 13.4. The van der Waals surface area contributed by atoms with E-state index in [-0.39, 0.29) is 18.4 Å². The highest BCUT2D eigenvalue weighted by Crippen LogP contribution is 2.20. The van der Waals surface area contributed by atoms with Gasteiger partial charge in [-0.15, -0.1) is 12.4 Å². The average molecular weight is 296 g/mol. The maximum Gasteiger partial charge on any atom is 0.179 e. The lowest BCUT2D eigenvalue weighted by molar-refractivity contribution is 0.0835. The van der Waals surface area contributed by atoms with Gasteiger partial charge in [0.1, 0.15) is 0 Å². The van der Waals surface area contributed by atoms with Crippen LogP contribution >= 0.6 is 12.4 Å². The number of unbranched alkanes of at least 4 members (excludes halogenated alkanes) is 1. The molecule has 1 unspecified atom stereocenters. The number of halogens is 1. The van der Waals surface area contributed by atoms with Gasteiger partial charge in [0.05, 0.1) is 6.04 Å². The van der Waals surface area contributed by atoms with Crippen LogP contribution in [0.5, 0.6) is 0 Å². The van der Waals surface area contributed by atoms with Crippen molar-refractivity contribution in [3.05, 3.63) is 35.4 Å². The van der Waals surface area contributed by atoms with Crippen LogP contribution in [0.1, 0.15) is 54.9 Å². The molecule has 0 spiro atoms. The van der Waals surface area contributed by atoms with Crippen LogP contribution in [0.3, 0.4) is 0 Å². The van der Waals surface area contributed by atoms with Gasteiger partial charge in [-0.25, -0.2) is 0 Å². The number of aryl methyl sites for hydroxylation is 1. The molecule has 20 heavy (non-hydrogen) atoms. The first-order valence-corrected chi connectivity index (χ1v) is 7.57. The molecule has 1 heterocycles. The van der Waals surface area contributed by atoms with E-state index < -0.39 is 0 Å². The Hall–Kier alpha value is -0.860. The number of hydrogen-bond donors (Lipinski definition) is 0. The number of Topliss-reactive ketones (excluding diaryl/α,β-unsaturated/α-hetero) is 1. The van der Waals surface area contributed by atoms with Crippen molar-refractivity contribution >= 4 is 18.2 Å². The van der Waals surface area contributed by atoms with Gasteiger partial charge >= 0.3 is 0 Å². The SMILES string of the molecule is CCCCC(C(=O)c1ccc(C)cc1)N1CCCC1.Cl. The van der Waals surface area contributed by atoms with Crippen molar-refractivity contribution in [1.82, 2.24) is 4.90 Å². The van der Waals surface area contributed by atoms with Crippen molar-refractivity contribution in [2.75, 3.05) is 13.1 Å². The molecule has 1 fully saturated rings. The van der Waals surface area contributed by atoms with Gasteiger partial charge in [0.25, 0.3) is 0 Å². The second-order valence-corrected chi connectivity index (χ2v) is 5.63. The number of nitrogens with zero attached hydrogens (tertiary/aromatic N) is 1. The molecule has 1 aromatic rings. The normalized spacial score (nSPS) is 16.7. The van der Waals surface area contributed by atoms with Crippen LogP contribution in [0.4, 0.5) is 0 Å². The summed E-state index contributed by atoms with van der Waals surface area (Å²) in [6.07, 6.45) is 5.78. The largest absolute Gasteiger partial charge is 0.293 e. The van der Waals surface area contributed by atoms with Gasteiger partial charge in [0.2, 0.25) is 0 Å². The molecule has 1 atom stereocenters. The van der Waals surface area contributed by atoms with Gasteiger partial charge in [-0.2, -0.15) is 0 Å². The monoisotopic (exact) mass is 295 g/mol. The maximum absolute atomic E-state index is 12.7. The van der Waals surface area contributed by atoms with E-state index in [1.807, 2.05) is 24.3 Å². The Kier molecular flexibility index (Phi) is 7.25. The smallest absolute Gasteiger partial charge is 0.179 e. The summed E-state index contributed by atoms with van der Waals surface area (Å²) in [6, 6.07) is 8.13. The Morgan fingerprint density at radius 1 is 1.20 bits per heavy atom. The summed E-state index contributed by atoms with van der Waals surface area (Å²) in [5, 5.41) is 0. The fraction of sp³-hybridized carbons (Fsp3) is 0.588. The molecule has 1 aliphatic heterocycles. The molecule has 0 saturated carbocycles. The Bertz CT molecular complexity index is 410. The zero-order valence-electron chi connectivity index (χ0n) is 12.6. The fourth-order valence-electron chi connectivity index (χ4n) is 2.84. The number of benzene rings is 1. The Morgan fingerprint density at radius 3 is 2.35 bits per heavy atom. The van der Waals surface area contributed by atoms with Crippen LogP contribution in [-0.4, -0.2) is 29.8 Å². The molecule has 0 aromatic heterocycles. The second-order valence-electron chi connectivity index (χ2n) is 5.63. The Labute approximate surface area is 129 Å². The minimum absolute atomic E-state index is 0. The summed E-state index contributed by atoms with van der Waals surface area (Å²) in [6.45, 7) is 6.43. The third-order valence-corrected chi connectivity index (χ3v) is 4.05. The summed E-state index contributed by atoms with van der Waals surface area (Å²) in [7, 11) is 0. The van der Waals surface area contributed by atoms with Crippen LogP contribution < -0.4 is 0 Å². The quantitative estimate of drug-likeness (QED) is 0.731. The topological polar surface area (TPSA) is 20.3 Å². The van der Waals surface area contributed by atoms with Crippen molar-refractivity contribution in [3.63, 3.8) is 0 Å². The molecular formula is C17H26ClNO. The first-order chi connectivity index (χ1) is 9.22. The number of likely N-dealkylation sites (tertiary alicyclic amines) is 1. The van der Waals surface area contributed by atoms with Gasteiger partial charge in [-0.1, -0.05) is 49.6 Å². The van der Waals surface area contributed by atoms with Crippen LogP contribution in [-0.2, 0) is 0 Å². The average Bonchev–Trinajstić information content (AvgIpc) is 2.94. The summed E-state index contributed by atoms with van der Waals surface area (Å²) >= 11 is 0. The highest BCUT2D eigenvalue weighted by molar-refractivity contribution is 6.00. The molecule has 2 rings (SSSR count). The number of rotatable bonds is 6. The standard InChI is InChI=1S/C17H25NO.ClH/c1-3-4-7-16(18-12-5-6-13-18)17(19)15-10-8-14(2)9-11-15;/h8-11,16H,3-7,12-13H2,1-2H3;1H. The van der Waals surface area contributed by atoms with E-state index in [1.165, 1.54) is 18.4 Å². The highest BCUT2D eigenvalue weighted by atomic mass is 35.5. The lowest BCUT2D eigenvalue weighted by atomic mass is 9.97. The molecule has 112 valence electrons. The van der Waals surface area contributed by atoms with E-state index in [9.17, 15) is 4.79 Å². The van der Waals surface area contributed by atoms with Gasteiger partial charge in [0.15, 0.2) is 5.78 Å². The molecule has 1 aliphatic rings. The molecule has 2 nitrogen and oxygen atoms in total. The van der Waals surface area contributed by atoms with Crippen molar-refractivity contribution in [1.29, 1.82) is 0 Å². The van der Waals surface area contributed by atoms with E-state index in [0.29, 0.717) is 5.78 Å². The van der Waals surface area contributed by atoms with E-state index in [1.54, 1.807) is 0 Å². The van der Waals surface area contributed by atoms with E-state index in [2.05, 4.69) is 18.7 Å².